The summed E-state index contributed by atoms with van der Waals surface area (Å²) in [6.07, 6.45) is 5.56. The zero-order valence-corrected chi connectivity index (χ0v) is 15.5. The number of aromatic amines is 1. The summed E-state index contributed by atoms with van der Waals surface area (Å²) in [5, 5.41) is 1.14. The summed E-state index contributed by atoms with van der Waals surface area (Å²) in [7, 11) is 0. The first-order valence-corrected chi connectivity index (χ1v) is 9.24. The topological polar surface area (TPSA) is 59.4 Å². The summed E-state index contributed by atoms with van der Waals surface area (Å²) in [5.74, 6) is 0. The van der Waals surface area contributed by atoms with Crippen LogP contribution in [-0.2, 0) is 6.54 Å². The molecule has 5 heteroatoms. The van der Waals surface area contributed by atoms with Crippen molar-refractivity contribution in [3.05, 3.63) is 90.8 Å². The fourth-order valence-electron chi connectivity index (χ4n) is 3.56. The van der Waals surface area contributed by atoms with Crippen LogP contribution in [0.25, 0.3) is 33.5 Å². The standard InChI is InChI=1S/C23H19N5/c1-16-21(26-14-25-16)23-22(18-7-3-2-4-8-18)27-15-28(23)13-17-11-19-9-5-6-10-20(19)24-12-17/h2-12,14-15H,13H2,1H3,(H,25,26). The van der Waals surface area contributed by atoms with Crippen LogP contribution in [0, 0.1) is 6.92 Å². The second-order valence-corrected chi connectivity index (χ2v) is 6.85. The summed E-state index contributed by atoms with van der Waals surface area (Å²) >= 11 is 0. The molecule has 136 valence electrons. The lowest BCUT2D eigenvalue weighted by molar-refractivity contribution is 0.800. The van der Waals surface area contributed by atoms with Crippen LogP contribution in [0.3, 0.4) is 0 Å². The molecule has 0 unspecified atom stereocenters. The number of para-hydroxylation sites is 1. The number of rotatable bonds is 4. The van der Waals surface area contributed by atoms with Gasteiger partial charge in [0.05, 0.1) is 36.1 Å². The molecular formula is C23H19N5. The zero-order valence-electron chi connectivity index (χ0n) is 15.5. The Hall–Kier alpha value is -3.73. The maximum atomic E-state index is 4.73. The Morgan fingerprint density at radius 2 is 1.71 bits per heavy atom. The van der Waals surface area contributed by atoms with E-state index in [2.05, 4.69) is 43.8 Å². The molecule has 0 amide bonds. The molecule has 5 nitrogen and oxygen atoms in total. The minimum Gasteiger partial charge on any atom is -0.348 e. The average molecular weight is 365 g/mol. The van der Waals surface area contributed by atoms with Crippen LogP contribution in [0.15, 0.2) is 79.5 Å². The molecule has 3 heterocycles. The Morgan fingerprint density at radius 3 is 2.54 bits per heavy atom. The first-order chi connectivity index (χ1) is 13.8. The maximum Gasteiger partial charge on any atom is 0.110 e. The number of hydrogen-bond acceptors (Lipinski definition) is 3. The highest BCUT2D eigenvalue weighted by atomic mass is 15.1. The third kappa shape index (κ3) is 2.87. The largest absolute Gasteiger partial charge is 0.348 e. The number of fused-ring (bicyclic) bond motifs is 1. The van der Waals surface area contributed by atoms with Crippen molar-refractivity contribution in [2.45, 2.75) is 13.5 Å². The van der Waals surface area contributed by atoms with Crippen LogP contribution in [0.5, 0.6) is 0 Å². The smallest absolute Gasteiger partial charge is 0.110 e. The number of hydrogen-bond donors (Lipinski definition) is 1. The Labute approximate surface area is 162 Å². The molecular weight excluding hydrogens is 346 g/mol. The average Bonchev–Trinajstić information content (AvgIpc) is 3.34. The van der Waals surface area contributed by atoms with E-state index in [0.717, 1.165) is 44.8 Å². The zero-order chi connectivity index (χ0) is 18.9. The molecule has 0 radical (unpaired) electrons. The fourth-order valence-corrected chi connectivity index (χ4v) is 3.56. The molecule has 0 spiro atoms. The normalized spacial score (nSPS) is 11.2. The summed E-state index contributed by atoms with van der Waals surface area (Å²) in [6, 6.07) is 20.6. The Bertz CT molecular complexity index is 1250. The van der Waals surface area contributed by atoms with Gasteiger partial charge in [0.1, 0.15) is 5.69 Å². The Morgan fingerprint density at radius 1 is 0.893 bits per heavy atom. The molecule has 5 rings (SSSR count). The van der Waals surface area contributed by atoms with E-state index >= 15 is 0 Å². The van der Waals surface area contributed by atoms with E-state index in [1.54, 1.807) is 6.33 Å². The lowest BCUT2D eigenvalue weighted by atomic mass is 10.1. The molecule has 0 aliphatic rings. The molecule has 0 aliphatic heterocycles. The number of pyridine rings is 1. The quantitative estimate of drug-likeness (QED) is 0.495. The number of aromatic nitrogens is 5. The van der Waals surface area contributed by atoms with E-state index in [1.807, 2.05) is 55.8 Å². The number of nitrogens with one attached hydrogen (secondary N) is 1. The Balaban J connectivity index is 1.63. The Kier molecular flexibility index (Phi) is 3.98. The third-order valence-corrected chi connectivity index (χ3v) is 4.94. The van der Waals surface area contributed by atoms with Crippen molar-refractivity contribution in [1.82, 2.24) is 24.5 Å². The van der Waals surface area contributed by atoms with Crippen molar-refractivity contribution in [2.24, 2.45) is 0 Å². The molecule has 0 saturated carbocycles. The van der Waals surface area contributed by atoms with Crippen molar-refractivity contribution in [1.29, 1.82) is 0 Å². The highest BCUT2D eigenvalue weighted by molar-refractivity contribution is 5.79. The fraction of sp³-hybridized carbons (Fsp3) is 0.0870. The molecule has 5 aromatic rings. The second kappa shape index (κ2) is 6.78. The van der Waals surface area contributed by atoms with Crippen molar-refractivity contribution in [2.75, 3.05) is 0 Å². The van der Waals surface area contributed by atoms with Gasteiger partial charge in [-0.05, 0) is 24.6 Å². The molecule has 0 bridgehead atoms. The van der Waals surface area contributed by atoms with Crippen molar-refractivity contribution < 1.29 is 0 Å². The third-order valence-electron chi connectivity index (χ3n) is 4.94. The molecule has 2 aromatic carbocycles. The van der Waals surface area contributed by atoms with Crippen LogP contribution in [0.4, 0.5) is 0 Å². The molecule has 0 atom stereocenters. The lowest BCUT2D eigenvalue weighted by Crippen LogP contribution is -2.02. The number of H-pyrrole nitrogens is 1. The van der Waals surface area contributed by atoms with E-state index in [9.17, 15) is 0 Å². The van der Waals surface area contributed by atoms with Gasteiger partial charge in [0, 0.05) is 22.8 Å². The first kappa shape index (κ1) is 16.4. The second-order valence-electron chi connectivity index (χ2n) is 6.85. The monoisotopic (exact) mass is 365 g/mol. The van der Waals surface area contributed by atoms with Crippen molar-refractivity contribution in [3.63, 3.8) is 0 Å². The molecule has 3 aromatic heterocycles. The van der Waals surface area contributed by atoms with Gasteiger partial charge < -0.3 is 9.55 Å². The molecule has 28 heavy (non-hydrogen) atoms. The molecule has 0 saturated heterocycles. The first-order valence-electron chi connectivity index (χ1n) is 9.24. The van der Waals surface area contributed by atoms with E-state index < -0.39 is 0 Å². The molecule has 0 fully saturated rings. The molecule has 0 aliphatic carbocycles. The summed E-state index contributed by atoms with van der Waals surface area (Å²) in [4.78, 5) is 17.1. The van der Waals surface area contributed by atoms with Gasteiger partial charge in [-0.25, -0.2) is 9.97 Å². The van der Waals surface area contributed by atoms with Gasteiger partial charge in [-0.2, -0.15) is 0 Å². The van der Waals surface area contributed by atoms with Gasteiger partial charge in [-0.1, -0.05) is 48.5 Å². The minimum absolute atomic E-state index is 0.680. The summed E-state index contributed by atoms with van der Waals surface area (Å²) in [5.41, 5.74) is 7.11. The van der Waals surface area contributed by atoms with E-state index in [1.165, 1.54) is 0 Å². The van der Waals surface area contributed by atoms with Crippen LogP contribution >= 0.6 is 0 Å². The number of imidazole rings is 2. The van der Waals surface area contributed by atoms with Gasteiger partial charge in [0.25, 0.3) is 0 Å². The summed E-state index contributed by atoms with van der Waals surface area (Å²) < 4.78 is 2.15. The SMILES string of the molecule is Cc1[nH]cnc1-c1c(-c2ccccc2)ncn1Cc1cnc2ccccc2c1. The minimum atomic E-state index is 0.680. The van der Waals surface area contributed by atoms with Crippen molar-refractivity contribution in [3.8, 4) is 22.6 Å². The van der Waals surface area contributed by atoms with E-state index in [-0.39, 0.29) is 0 Å². The number of aryl methyl sites for hydroxylation is 1. The number of benzene rings is 2. The van der Waals surface area contributed by atoms with Crippen molar-refractivity contribution >= 4 is 10.9 Å². The van der Waals surface area contributed by atoms with E-state index in [0.29, 0.717) is 6.54 Å². The number of nitrogens with zero attached hydrogens (tertiary/aromatic N) is 4. The highest BCUT2D eigenvalue weighted by Gasteiger charge is 2.18. The van der Waals surface area contributed by atoms with E-state index in [4.69, 9.17) is 4.98 Å². The lowest BCUT2D eigenvalue weighted by Gasteiger charge is -2.10. The van der Waals surface area contributed by atoms with Gasteiger partial charge in [-0.15, -0.1) is 0 Å². The van der Waals surface area contributed by atoms with Gasteiger partial charge in [-0.3, -0.25) is 4.98 Å². The van der Waals surface area contributed by atoms with Gasteiger partial charge in [0.2, 0.25) is 0 Å². The summed E-state index contributed by atoms with van der Waals surface area (Å²) in [6.45, 7) is 2.71. The molecule has 1 N–H and O–H groups in total. The predicted molar refractivity (Wildman–Crippen MR) is 111 cm³/mol. The van der Waals surface area contributed by atoms with Crippen LogP contribution in [0.2, 0.25) is 0 Å². The van der Waals surface area contributed by atoms with Gasteiger partial charge in [0.15, 0.2) is 0 Å². The van der Waals surface area contributed by atoms with Crippen LogP contribution in [0.1, 0.15) is 11.3 Å². The predicted octanol–water partition coefficient (Wildman–Crippen LogP) is 4.85. The maximum absolute atomic E-state index is 4.73. The highest BCUT2D eigenvalue weighted by Crippen LogP contribution is 2.32. The van der Waals surface area contributed by atoms with Gasteiger partial charge >= 0.3 is 0 Å². The van der Waals surface area contributed by atoms with Crippen LogP contribution < -0.4 is 0 Å². The van der Waals surface area contributed by atoms with Crippen LogP contribution in [-0.4, -0.2) is 24.5 Å².